The molecule has 5 nitrogen and oxygen atoms in total. The van der Waals surface area contributed by atoms with E-state index < -0.39 is 0 Å². The Bertz CT molecular complexity index is 274. The van der Waals surface area contributed by atoms with Crippen LogP contribution in [0, 0.1) is 5.92 Å². The smallest absolute Gasteiger partial charge is 0.119 e. The van der Waals surface area contributed by atoms with Crippen LogP contribution in [0.25, 0.3) is 0 Å². The first-order valence-corrected chi connectivity index (χ1v) is 5.71. The van der Waals surface area contributed by atoms with E-state index in [2.05, 4.69) is 36.3 Å². The van der Waals surface area contributed by atoms with Crippen LogP contribution in [0.1, 0.15) is 20.8 Å². The highest BCUT2D eigenvalue weighted by molar-refractivity contribution is 4.75. The van der Waals surface area contributed by atoms with Crippen LogP contribution < -0.4 is 5.32 Å². The molecule has 5 heteroatoms. The SMILES string of the molecule is COCC(NC(C)Cn1cnnc1)C(C)C. The van der Waals surface area contributed by atoms with E-state index in [9.17, 15) is 0 Å². The second kappa shape index (κ2) is 6.60. The molecule has 16 heavy (non-hydrogen) atoms. The van der Waals surface area contributed by atoms with Gasteiger partial charge in [-0.25, -0.2) is 0 Å². The van der Waals surface area contributed by atoms with E-state index in [4.69, 9.17) is 4.74 Å². The van der Waals surface area contributed by atoms with Gasteiger partial charge in [-0.05, 0) is 12.8 Å². The van der Waals surface area contributed by atoms with E-state index in [-0.39, 0.29) is 0 Å². The van der Waals surface area contributed by atoms with Crippen LogP contribution in [0.2, 0.25) is 0 Å². The highest BCUT2D eigenvalue weighted by Crippen LogP contribution is 2.04. The molecule has 1 rings (SSSR count). The van der Waals surface area contributed by atoms with Gasteiger partial charge in [-0.15, -0.1) is 10.2 Å². The van der Waals surface area contributed by atoms with Crippen molar-refractivity contribution in [1.82, 2.24) is 20.1 Å². The molecule has 1 N–H and O–H groups in total. The number of methoxy groups -OCH3 is 1. The highest BCUT2D eigenvalue weighted by atomic mass is 16.5. The summed E-state index contributed by atoms with van der Waals surface area (Å²) in [6.07, 6.45) is 3.47. The Balaban J connectivity index is 2.39. The van der Waals surface area contributed by atoms with Crippen LogP contribution in [0.15, 0.2) is 12.7 Å². The molecule has 1 aromatic rings. The standard InChI is InChI=1S/C11H22N4O/c1-9(2)11(6-16-4)14-10(3)5-15-7-12-13-8-15/h7-11,14H,5-6H2,1-4H3. The Hall–Kier alpha value is -0.940. The summed E-state index contributed by atoms with van der Waals surface area (Å²) >= 11 is 0. The quantitative estimate of drug-likeness (QED) is 0.751. The van der Waals surface area contributed by atoms with Crippen LogP contribution in [-0.2, 0) is 11.3 Å². The van der Waals surface area contributed by atoms with Gasteiger partial charge in [0.05, 0.1) is 6.61 Å². The summed E-state index contributed by atoms with van der Waals surface area (Å²) in [5.41, 5.74) is 0. The van der Waals surface area contributed by atoms with Crippen LogP contribution in [0.3, 0.4) is 0 Å². The van der Waals surface area contributed by atoms with E-state index in [1.807, 2.05) is 4.57 Å². The molecular weight excluding hydrogens is 204 g/mol. The minimum Gasteiger partial charge on any atom is -0.383 e. The van der Waals surface area contributed by atoms with Crippen molar-refractivity contribution < 1.29 is 4.74 Å². The summed E-state index contributed by atoms with van der Waals surface area (Å²) in [5, 5.41) is 11.1. The molecule has 2 atom stereocenters. The van der Waals surface area contributed by atoms with Gasteiger partial charge in [-0.2, -0.15) is 0 Å². The maximum absolute atomic E-state index is 5.21. The number of hydrogen-bond donors (Lipinski definition) is 1. The maximum Gasteiger partial charge on any atom is 0.119 e. The molecule has 0 saturated heterocycles. The van der Waals surface area contributed by atoms with Crippen molar-refractivity contribution in [2.45, 2.75) is 39.4 Å². The Labute approximate surface area is 97.2 Å². The lowest BCUT2D eigenvalue weighted by molar-refractivity contribution is 0.140. The number of rotatable bonds is 7. The van der Waals surface area contributed by atoms with E-state index >= 15 is 0 Å². The number of aromatic nitrogens is 3. The molecule has 0 fully saturated rings. The second-order valence-corrected chi connectivity index (χ2v) is 4.53. The normalized spacial score (nSPS) is 15.3. The third-order valence-corrected chi connectivity index (χ3v) is 2.60. The van der Waals surface area contributed by atoms with Gasteiger partial charge in [0, 0.05) is 25.7 Å². The summed E-state index contributed by atoms with van der Waals surface area (Å²) in [4.78, 5) is 0. The van der Waals surface area contributed by atoms with Gasteiger partial charge in [0.1, 0.15) is 12.7 Å². The number of hydrogen-bond acceptors (Lipinski definition) is 4. The van der Waals surface area contributed by atoms with Crippen LogP contribution >= 0.6 is 0 Å². The van der Waals surface area contributed by atoms with Crippen molar-refractivity contribution in [3.05, 3.63) is 12.7 Å². The summed E-state index contributed by atoms with van der Waals surface area (Å²) < 4.78 is 7.18. The molecule has 0 aliphatic carbocycles. The van der Waals surface area contributed by atoms with Gasteiger partial charge in [0.25, 0.3) is 0 Å². The third-order valence-electron chi connectivity index (χ3n) is 2.60. The van der Waals surface area contributed by atoms with Crippen molar-refractivity contribution in [3.63, 3.8) is 0 Å². The fourth-order valence-corrected chi connectivity index (χ4v) is 1.66. The fourth-order valence-electron chi connectivity index (χ4n) is 1.66. The molecule has 0 amide bonds. The van der Waals surface area contributed by atoms with Crippen molar-refractivity contribution in [3.8, 4) is 0 Å². The minimum absolute atomic E-state index is 0.374. The van der Waals surface area contributed by atoms with Crippen molar-refractivity contribution in [2.75, 3.05) is 13.7 Å². The number of ether oxygens (including phenoxy) is 1. The molecule has 92 valence electrons. The van der Waals surface area contributed by atoms with E-state index in [0.29, 0.717) is 18.0 Å². The fraction of sp³-hybridized carbons (Fsp3) is 0.818. The van der Waals surface area contributed by atoms with Crippen LogP contribution in [0.4, 0.5) is 0 Å². The lowest BCUT2D eigenvalue weighted by Gasteiger charge is -2.25. The molecule has 2 unspecified atom stereocenters. The predicted octanol–water partition coefficient (Wildman–Crippen LogP) is 0.927. The summed E-state index contributed by atoms with van der Waals surface area (Å²) in [6, 6.07) is 0.759. The molecule has 0 radical (unpaired) electrons. The van der Waals surface area contributed by atoms with E-state index in [1.54, 1.807) is 19.8 Å². The predicted molar refractivity (Wildman–Crippen MR) is 63.1 cm³/mol. The summed E-state index contributed by atoms with van der Waals surface area (Å²) in [6.45, 7) is 8.17. The first kappa shape index (κ1) is 13.1. The van der Waals surface area contributed by atoms with Crippen LogP contribution in [0.5, 0.6) is 0 Å². The lowest BCUT2D eigenvalue weighted by Crippen LogP contribution is -2.44. The van der Waals surface area contributed by atoms with Gasteiger partial charge >= 0.3 is 0 Å². The topological polar surface area (TPSA) is 52.0 Å². The molecule has 0 bridgehead atoms. The Morgan fingerprint density at radius 3 is 2.38 bits per heavy atom. The maximum atomic E-state index is 5.21. The van der Waals surface area contributed by atoms with Crippen LogP contribution in [-0.4, -0.2) is 40.6 Å². The minimum atomic E-state index is 0.374. The molecule has 0 aromatic carbocycles. The van der Waals surface area contributed by atoms with Crippen molar-refractivity contribution in [2.24, 2.45) is 5.92 Å². The van der Waals surface area contributed by atoms with Gasteiger partial charge in [0.15, 0.2) is 0 Å². The Kier molecular flexibility index (Phi) is 5.42. The molecule has 1 aromatic heterocycles. The van der Waals surface area contributed by atoms with E-state index in [1.165, 1.54) is 0 Å². The number of nitrogens with one attached hydrogen (secondary N) is 1. The monoisotopic (exact) mass is 226 g/mol. The molecular formula is C11H22N4O. The molecule has 0 aliphatic heterocycles. The molecule has 0 aliphatic rings. The zero-order valence-corrected chi connectivity index (χ0v) is 10.6. The third kappa shape index (κ3) is 4.28. The zero-order chi connectivity index (χ0) is 12.0. The van der Waals surface area contributed by atoms with Gasteiger partial charge in [0.2, 0.25) is 0 Å². The van der Waals surface area contributed by atoms with Crippen molar-refractivity contribution in [1.29, 1.82) is 0 Å². The highest BCUT2D eigenvalue weighted by Gasteiger charge is 2.15. The summed E-state index contributed by atoms with van der Waals surface area (Å²) in [7, 11) is 1.74. The van der Waals surface area contributed by atoms with Gasteiger partial charge < -0.3 is 14.6 Å². The first-order valence-electron chi connectivity index (χ1n) is 5.71. The average molecular weight is 226 g/mol. The average Bonchev–Trinajstić information content (AvgIpc) is 2.69. The molecule has 0 spiro atoms. The first-order chi connectivity index (χ1) is 7.63. The second-order valence-electron chi connectivity index (χ2n) is 4.53. The van der Waals surface area contributed by atoms with Gasteiger partial charge in [-0.1, -0.05) is 13.8 Å². The Morgan fingerprint density at radius 1 is 1.25 bits per heavy atom. The molecule has 1 heterocycles. The van der Waals surface area contributed by atoms with E-state index in [0.717, 1.165) is 13.2 Å². The Morgan fingerprint density at radius 2 is 1.88 bits per heavy atom. The lowest BCUT2D eigenvalue weighted by atomic mass is 10.0. The largest absolute Gasteiger partial charge is 0.383 e. The zero-order valence-electron chi connectivity index (χ0n) is 10.6. The number of nitrogens with zero attached hydrogens (tertiary/aromatic N) is 3. The summed E-state index contributed by atoms with van der Waals surface area (Å²) in [5.74, 6) is 0.559. The van der Waals surface area contributed by atoms with Crippen molar-refractivity contribution >= 4 is 0 Å². The molecule has 0 saturated carbocycles. The van der Waals surface area contributed by atoms with Gasteiger partial charge in [-0.3, -0.25) is 0 Å².